The van der Waals surface area contributed by atoms with E-state index in [0.717, 1.165) is 22.5 Å². The monoisotopic (exact) mass is 420 g/mol. The average molecular weight is 421 g/mol. The number of anilines is 2. The largest absolute Gasteiger partial charge is 0.355 e. The van der Waals surface area contributed by atoms with Crippen LogP contribution in [0.3, 0.4) is 0 Å². The molecule has 3 aromatic carbocycles. The van der Waals surface area contributed by atoms with E-state index in [-0.39, 0.29) is 17.2 Å². The quantitative estimate of drug-likeness (QED) is 0.380. The van der Waals surface area contributed by atoms with Crippen molar-refractivity contribution in [1.29, 1.82) is 5.41 Å². The van der Waals surface area contributed by atoms with Crippen LogP contribution >= 0.6 is 0 Å². The highest BCUT2D eigenvalue weighted by atomic mass is 19.1. The van der Waals surface area contributed by atoms with Gasteiger partial charge in [-0.1, -0.05) is 50.2 Å². The fourth-order valence-corrected chi connectivity index (χ4v) is 3.54. The molecule has 0 spiro atoms. The van der Waals surface area contributed by atoms with Crippen molar-refractivity contribution in [3.05, 3.63) is 95.3 Å². The zero-order chi connectivity index (χ0) is 22.9. The third-order valence-electron chi connectivity index (χ3n) is 5.13. The van der Waals surface area contributed by atoms with Gasteiger partial charge in [0.15, 0.2) is 0 Å². The Labute approximate surface area is 185 Å². The van der Waals surface area contributed by atoms with Gasteiger partial charge in [0, 0.05) is 29.1 Å². The first-order chi connectivity index (χ1) is 14.9. The number of rotatable bonds is 7. The van der Waals surface area contributed by atoms with Crippen LogP contribution in [0, 0.1) is 16.6 Å². The van der Waals surface area contributed by atoms with Gasteiger partial charge in [-0.25, -0.2) is 4.39 Å². The summed E-state index contributed by atoms with van der Waals surface area (Å²) < 4.78 is 13.1. The number of nitrogens with one attached hydrogen (secondary N) is 3. The Balaban J connectivity index is 0.00000107. The first kappa shape index (κ1) is 24.3. The Bertz CT molecular complexity index is 953. The van der Waals surface area contributed by atoms with Gasteiger partial charge in [0.05, 0.1) is 0 Å². The summed E-state index contributed by atoms with van der Waals surface area (Å²) in [6, 6.07) is 22.6. The van der Waals surface area contributed by atoms with E-state index in [9.17, 15) is 4.39 Å². The van der Waals surface area contributed by atoms with Crippen LogP contribution in [-0.4, -0.2) is 26.9 Å². The second-order valence-corrected chi connectivity index (χ2v) is 8.16. The van der Waals surface area contributed by atoms with Crippen LogP contribution in [-0.2, 0) is 0 Å². The van der Waals surface area contributed by atoms with Crippen molar-refractivity contribution in [2.45, 2.75) is 19.8 Å². The normalized spacial score (nSPS) is 11.8. The van der Waals surface area contributed by atoms with E-state index in [1.165, 1.54) is 23.9 Å². The van der Waals surface area contributed by atoms with E-state index < -0.39 is 0 Å². The predicted molar refractivity (Wildman–Crippen MR) is 130 cm³/mol. The van der Waals surface area contributed by atoms with Crippen molar-refractivity contribution in [1.82, 2.24) is 5.32 Å². The maximum Gasteiger partial charge on any atom is 0.123 e. The molecule has 0 radical (unpaired) electrons. The number of benzene rings is 3. The Morgan fingerprint density at radius 2 is 1.58 bits per heavy atom. The van der Waals surface area contributed by atoms with Crippen molar-refractivity contribution in [2.75, 3.05) is 26.0 Å². The van der Waals surface area contributed by atoms with E-state index in [2.05, 4.69) is 42.7 Å². The van der Waals surface area contributed by atoms with Gasteiger partial charge in [-0.15, -0.1) is 0 Å². The van der Waals surface area contributed by atoms with Crippen molar-refractivity contribution in [2.24, 2.45) is 11.1 Å². The standard InChI is InChI=1S/C24H26FN3.C2H7N/c1-24(2,16-27)23(17-6-4-3-5-7-17)18-8-13-22(19(14-18)15-26)28-21-11-9-20(25)10-12-21;1-3-2/h3-15,23,26,28H,16,27H2,1-2H3;3H,1-2H3. The first-order valence-corrected chi connectivity index (χ1v) is 10.4. The fourth-order valence-electron chi connectivity index (χ4n) is 3.54. The van der Waals surface area contributed by atoms with E-state index in [1.807, 2.05) is 44.4 Å². The van der Waals surface area contributed by atoms with Crippen LogP contribution in [0.1, 0.15) is 36.5 Å². The third kappa shape index (κ3) is 6.48. The molecular formula is C26H33FN4. The molecule has 0 heterocycles. The zero-order valence-corrected chi connectivity index (χ0v) is 18.7. The lowest BCUT2D eigenvalue weighted by atomic mass is 9.71. The minimum Gasteiger partial charge on any atom is -0.355 e. The molecule has 0 saturated carbocycles. The summed E-state index contributed by atoms with van der Waals surface area (Å²) in [5.74, 6) is -0.167. The summed E-state index contributed by atoms with van der Waals surface area (Å²) >= 11 is 0. The molecule has 4 nitrogen and oxygen atoms in total. The Kier molecular flexibility index (Phi) is 8.91. The molecule has 0 saturated heterocycles. The molecule has 164 valence electrons. The molecule has 0 fully saturated rings. The average Bonchev–Trinajstić information content (AvgIpc) is 2.77. The predicted octanol–water partition coefficient (Wildman–Crippen LogP) is 5.52. The smallest absolute Gasteiger partial charge is 0.123 e. The van der Waals surface area contributed by atoms with Crippen LogP contribution < -0.4 is 16.4 Å². The highest BCUT2D eigenvalue weighted by molar-refractivity contribution is 5.87. The van der Waals surface area contributed by atoms with Gasteiger partial charge < -0.3 is 21.8 Å². The van der Waals surface area contributed by atoms with E-state index in [1.54, 1.807) is 12.1 Å². The lowest BCUT2D eigenvalue weighted by Gasteiger charge is -2.34. The van der Waals surface area contributed by atoms with Crippen LogP contribution in [0.25, 0.3) is 0 Å². The molecule has 1 unspecified atom stereocenters. The summed E-state index contributed by atoms with van der Waals surface area (Å²) in [7, 11) is 3.75. The summed E-state index contributed by atoms with van der Waals surface area (Å²) in [5.41, 5.74) is 10.6. The van der Waals surface area contributed by atoms with Gasteiger partial charge in [0.25, 0.3) is 0 Å². The highest BCUT2D eigenvalue weighted by Gasteiger charge is 2.31. The molecule has 0 aliphatic rings. The van der Waals surface area contributed by atoms with Gasteiger partial charge in [0.2, 0.25) is 0 Å². The maximum atomic E-state index is 13.1. The molecule has 1 atom stereocenters. The first-order valence-electron chi connectivity index (χ1n) is 10.4. The molecule has 0 aromatic heterocycles. The molecule has 5 heteroatoms. The minimum atomic E-state index is -0.275. The molecule has 5 N–H and O–H groups in total. The van der Waals surface area contributed by atoms with Crippen LogP contribution in [0.15, 0.2) is 72.8 Å². The van der Waals surface area contributed by atoms with Gasteiger partial charge in [-0.05, 0) is 73.6 Å². The number of hydrogen-bond donors (Lipinski definition) is 4. The van der Waals surface area contributed by atoms with E-state index in [0.29, 0.717) is 6.54 Å². The maximum absolute atomic E-state index is 13.1. The van der Waals surface area contributed by atoms with Gasteiger partial charge in [-0.3, -0.25) is 0 Å². The SMILES string of the molecule is CC(C)(CN)C(c1ccccc1)c1ccc(Nc2ccc(F)cc2)c(C=N)c1.CNC. The number of nitrogens with two attached hydrogens (primary N) is 1. The summed E-state index contributed by atoms with van der Waals surface area (Å²) in [6.07, 6.45) is 1.34. The highest BCUT2D eigenvalue weighted by Crippen LogP contribution is 2.41. The molecule has 0 aliphatic heterocycles. The van der Waals surface area contributed by atoms with Crippen LogP contribution in [0.5, 0.6) is 0 Å². The Hall–Kier alpha value is -3.02. The Morgan fingerprint density at radius 1 is 0.968 bits per heavy atom. The van der Waals surface area contributed by atoms with Gasteiger partial charge in [-0.2, -0.15) is 0 Å². The summed E-state index contributed by atoms with van der Waals surface area (Å²) in [4.78, 5) is 0. The second-order valence-electron chi connectivity index (χ2n) is 8.16. The summed E-state index contributed by atoms with van der Waals surface area (Å²) in [5, 5.41) is 13.9. The lowest BCUT2D eigenvalue weighted by molar-refractivity contribution is 0.330. The van der Waals surface area contributed by atoms with Crippen molar-refractivity contribution in [3.8, 4) is 0 Å². The zero-order valence-electron chi connectivity index (χ0n) is 18.7. The molecule has 3 aromatic rings. The lowest BCUT2D eigenvalue weighted by Crippen LogP contribution is -2.31. The molecule has 0 aliphatic carbocycles. The number of halogens is 1. The van der Waals surface area contributed by atoms with E-state index in [4.69, 9.17) is 11.1 Å². The molecule has 0 bridgehead atoms. The Morgan fingerprint density at radius 3 is 2.13 bits per heavy atom. The topological polar surface area (TPSA) is 73.9 Å². The molecule has 31 heavy (non-hydrogen) atoms. The molecule has 0 amide bonds. The van der Waals surface area contributed by atoms with Crippen molar-refractivity contribution >= 4 is 17.6 Å². The minimum absolute atomic E-state index is 0.109. The van der Waals surface area contributed by atoms with Gasteiger partial charge >= 0.3 is 0 Å². The van der Waals surface area contributed by atoms with Crippen LogP contribution in [0.4, 0.5) is 15.8 Å². The number of hydrogen-bond acceptors (Lipinski definition) is 4. The summed E-state index contributed by atoms with van der Waals surface area (Å²) in [6.45, 7) is 4.88. The van der Waals surface area contributed by atoms with Crippen molar-refractivity contribution < 1.29 is 4.39 Å². The van der Waals surface area contributed by atoms with Gasteiger partial charge in [0.1, 0.15) is 5.82 Å². The van der Waals surface area contributed by atoms with E-state index >= 15 is 0 Å². The van der Waals surface area contributed by atoms with Crippen LogP contribution in [0.2, 0.25) is 0 Å². The third-order valence-corrected chi connectivity index (χ3v) is 5.13. The molecule has 3 rings (SSSR count). The fraction of sp³-hybridized carbons (Fsp3) is 0.269. The molecular weight excluding hydrogens is 387 g/mol. The second kappa shape index (κ2) is 11.4. The van der Waals surface area contributed by atoms with Crippen molar-refractivity contribution in [3.63, 3.8) is 0 Å².